The van der Waals surface area contributed by atoms with Gasteiger partial charge in [-0.05, 0) is 32.9 Å². The van der Waals surface area contributed by atoms with Crippen LogP contribution >= 0.6 is 24.8 Å². The Bertz CT molecular complexity index is 363. The van der Waals surface area contributed by atoms with Crippen molar-refractivity contribution in [3.63, 3.8) is 0 Å². The zero-order valence-electron chi connectivity index (χ0n) is 9.94. The highest BCUT2D eigenvalue weighted by atomic mass is 35.5. The quantitative estimate of drug-likeness (QED) is 0.845. The second kappa shape index (κ2) is 6.99. The highest BCUT2D eigenvalue weighted by Gasteiger charge is 2.23. The summed E-state index contributed by atoms with van der Waals surface area (Å²) in [6, 6.07) is 1.86. The number of hydrogen-bond donors (Lipinski definition) is 1. The Hall–Kier alpha value is -0.580. The number of nitrogens with one attached hydrogen (secondary N) is 1. The molecule has 0 spiro atoms. The van der Waals surface area contributed by atoms with Gasteiger partial charge >= 0.3 is 0 Å². The summed E-state index contributed by atoms with van der Waals surface area (Å²) in [4.78, 5) is 5.99. The minimum atomic E-state index is -0.376. The van der Waals surface area contributed by atoms with Crippen LogP contribution in [0.3, 0.4) is 0 Å². The van der Waals surface area contributed by atoms with Crippen LogP contribution in [0.5, 0.6) is 0 Å². The van der Waals surface area contributed by atoms with Gasteiger partial charge in [-0.1, -0.05) is 0 Å². The predicted octanol–water partition coefficient (Wildman–Crippen LogP) is 2.52. The molecular formula is C11H18Cl2FN3. The van der Waals surface area contributed by atoms with Gasteiger partial charge in [0.25, 0.3) is 0 Å². The van der Waals surface area contributed by atoms with Crippen LogP contribution in [0, 0.1) is 12.9 Å². The van der Waals surface area contributed by atoms with Crippen molar-refractivity contribution < 1.29 is 4.39 Å². The van der Waals surface area contributed by atoms with Gasteiger partial charge in [-0.2, -0.15) is 4.39 Å². The molecule has 1 N–H and O–H groups in total. The van der Waals surface area contributed by atoms with E-state index in [4.69, 9.17) is 0 Å². The van der Waals surface area contributed by atoms with E-state index < -0.39 is 0 Å². The van der Waals surface area contributed by atoms with Crippen LogP contribution in [0.25, 0.3) is 0 Å². The molecule has 1 atom stereocenters. The van der Waals surface area contributed by atoms with E-state index in [0.717, 1.165) is 18.7 Å². The van der Waals surface area contributed by atoms with Gasteiger partial charge < -0.3 is 10.2 Å². The first-order valence-corrected chi connectivity index (χ1v) is 5.28. The maximum absolute atomic E-state index is 13.0. The van der Waals surface area contributed by atoms with Crippen molar-refractivity contribution >= 4 is 30.5 Å². The van der Waals surface area contributed by atoms with Crippen molar-refractivity contribution in [2.24, 2.45) is 0 Å². The molecule has 1 aromatic heterocycles. The molecule has 0 aliphatic carbocycles. The monoisotopic (exact) mass is 281 g/mol. The fourth-order valence-corrected chi connectivity index (χ4v) is 2.08. The zero-order chi connectivity index (χ0) is 10.8. The summed E-state index contributed by atoms with van der Waals surface area (Å²) in [6.45, 7) is 2.76. The number of hydrogen-bond acceptors (Lipinski definition) is 3. The number of anilines is 1. The lowest BCUT2D eigenvalue weighted by molar-refractivity contribution is 0.565. The molecule has 0 bridgehead atoms. The maximum atomic E-state index is 13.0. The number of halogens is 3. The van der Waals surface area contributed by atoms with E-state index in [1.165, 1.54) is 6.42 Å². The van der Waals surface area contributed by atoms with Gasteiger partial charge in [-0.15, -0.1) is 24.8 Å². The third kappa shape index (κ3) is 3.44. The Balaban J connectivity index is 0.00000128. The summed E-state index contributed by atoms with van der Waals surface area (Å²) in [6.07, 6.45) is 4.27. The average molecular weight is 282 g/mol. The Morgan fingerprint density at radius 2 is 2.18 bits per heavy atom. The van der Waals surface area contributed by atoms with E-state index in [1.54, 1.807) is 13.1 Å². The molecule has 0 aromatic carbocycles. The molecule has 3 nitrogen and oxygen atoms in total. The standard InChI is InChI=1S/C11H16FN3.2ClH/c1-8-6-9(7-14-11(8)12)15-5-3-4-10(15)13-2;;/h6-7,10,13H,3-5H2,1-2H3;2*1H. The molecule has 2 heterocycles. The van der Waals surface area contributed by atoms with Crippen LogP contribution in [-0.4, -0.2) is 24.7 Å². The molecule has 1 aliphatic rings. The molecule has 0 radical (unpaired) electrons. The fourth-order valence-electron chi connectivity index (χ4n) is 2.08. The molecule has 98 valence electrons. The van der Waals surface area contributed by atoms with Crippen molar-refractivity contribution in [3.8, 4) is 0 Å². The lowest BCUT2D eigenvalue weighted by atomic mass is 10.2. The van der Waals surface area contributed by atoms with E-state index in [0.29, 0.717) is 11.7 Å². The molecule has 1 saturated heterocycles. The van der Waals surface area contributed by atoms with Crippen molar-refractivity contribution in [2.75, 3.05) is 18.5 Å². The summed E-state index contributed by atoms with van der Waals surface area (Å²) in [5.74, 6) is -0.376. The molecule has 0 saturated carbocycles. The molecule has 6 heteroatoms. The van der Waals surface area contributed by atoms with Gasteiger partial charge in [0.05, 0.1) is 18.1 Å². The molecule has 17 heavy (non-hydrogen) atoms. The van der Waals surface area contributed by atoms with Crippen LogP contribution in [0.4, 0.5) is 10.1 Å². The zero-order valence-corrected chi connectivity index (χ0v) is 11.6. The van der Waals surface area contributed by atoms with E-state index in [1.807, 2.05) is 13.1 Å². The first kappa shape index (κ1) is 16.4. The Morgan fingerprint density at radius 3 is 2.76 bits per heavy atom. The Morgan fingerprint density at radius 1 is 1.47 bits per heavy atom. The van der Waals surface area contributed by atoms with Gasteiger partial charge in [0.1, 0.15) is 0 Å². The van der Waals surface area contributed by atoms with Gasteiger partial charge in [-0.3, -0.25) is 0 Å². The third-order valence-corrected chi connectivity index (χ3v) is 2.92. The number of aryl methyl sites for hydroxylation is 1. The average Bonchev–Trinajstić information content (AvgIpc) is 2.70. The number of aromatic nitrogens is 1. The number of pyridine rings is 1. The summed E-state index contributed by atoms with van der Waals surface area (Å²) < 4.78 is 13.0. The molecule has 1 unspecified atom stereocenters. The largest absolute Gasteiger partial charge is 0.355 e. The van der Waals surface area contributed by atoms with Gasteiger partial charge in [-0.25, -0.2) is 4.98 Å². The van der Waals surface area contributed by atoms with Gasteiger partial charge in [0.15, 0.2) is 0 Å². The van der Waals surface area contributed by atoms with Crippen molar-refractivity contribution in [2.45, 2.75) is 25.9 Å². The molecule has 2 rings (SSSR count). The van der Waals surface area contributed by atoms with Crippen LogP contribution in [0.2, 0.25) is 0 Å². The van der Waals surface area contributed by atoms with E-state index in [-0.39, 0.29) is 30.8 Å². The second-order valence-electron chi connectivity index (χ2n) is 3.94. The normalized spacial score (nSPS) is 18.5. The highest BCUT2D eigenvalue weighted by molar-refractivity contribution is 5.85. The topological polar surface area (TPSA) is 28.2 Å². The van der Waals surface area contributed by atoms with E-state index in [2.05, 4.69) is 15.2 Å². The molecular weight excluding hydrogens is 264 g/mol. The third-order valence-electron chi connectivity index (χ3n) is 2.92. The summed E-state index contributed by atoms with van der Waals surface area (Å²) in [5.41, 5.74) is 1.61. The molecule has 0 amide bonds. The minimum Gasteiger partial charge on any atom is -0.355 e. The minimum absolute atomic E-state index is 0. The summed E-state index contributed by atoms with van der Waals surface area (Å²) in [5, 5.41) is 3.25. The first-order chi connectivity index (χ1) is 7.22. The molecule has 1 aliphatic heterocycles. The van der Waals surface area contributed by atoms with E-state index >= 15 is 0 Å². The number of rotatable bonds is 2. The van der Waals surface area contributed by atoms with Crippen molar-refractivity contribution in [1.29, 1.82) is 0 Å². The first-order valence-electron chi connectivity index (χ1n) is 5.28. The van der Waals surface area contributed by atoms with E-state index in [9.17, 15) is 4.39 Å². The van der Waals surface area contributed by atoms with Crippen LogP contribution in [0.15, 0.2) is 12.3 Å². The van der Waals surface area contributed by atoms with Gasteiger partial charge in [0, 0.05) is 12.1 Å². The van der Waals surface area contributed by atoms with Gasteiger partial charge in [0.2, 0.25) is 5.95 Å². The molecule has 1 fully saturated rings. The fraction of sp³-hybridized carbons (Fsp3) is 0.545. The summed E-state index contributed by atoms with van der Waals surface area (Å²) in [7, 11) is 1.95. The Kier molecular flexibility index (Phi) is 6.75. The SMILES string of the molecule is CNC1CCCN1c1cnc(F)c(C)c1.Cl.Cl. The summed E-state index contributed by atoms with van der Waals surface area (Å²) >= 11 is 0. The maximum Gasteiger partial charge on any atom is 0.215 e. The predicted molar refractivity (Wildman–Crippen MR) is 72.9 cm³/mol. The second-order valence-corrected chi connectivity index (χ2v) is 3.94. The Labute approximate surface area is 114 Å². The smallest absolute Gasteiger partial charge is 0.215 e. The molecule has 1 aromatic rings. The van der Waals surface area contributed by atoms with Crippen LogP contribution < -0.4 is 10.2 Å². The lowest BCUT2D eigenvalue weighted by Crippen LogP contribution is -2.39. The number of nitrogens with zero attached hydrogens (tertiary/aromatic N) is 2. The van der Waals surface area contributed by atoms with Crippen LogP contribution in [-0.2, 0) is 0 Å². The van der Waals surface area contributed by atoms with Crippen molar-refractivity contribution in [3.05, 3.63) is 23.8 Å². The lowest BCUT2D eigenvalue weighted by Gasteiger charge is -2.26. The highest BCUT2D eigenvalue weighted by Crippen LogP contribution is 2.24. The van der Waals surface area contributed by atoms with Crippen LogP contribution in [0.1, 0.15) is 18.4 Å². The van der Waals surface area contributed by atoms with Crippen molar-refractivity contribution in [1.82, 2.24) is 10.3 Å².